The summed E-state index contributed by atoms with van der Waals surface area (Å²) in [5.74, 6) is -0.771. The van der Waals surface area contributed by atoms with Crippen LogP contribution in [0.25, 0.3) is 0 Å². The first-order valence-corrected chi connectivity index (χ1v) is 10.1. The Morgan fingerprint density at radius 1 is 1.15 bits per heavy atom. The van der Waals surface area contributed by atoms with E-state index in [1.54, 1.807) is 4.90 Å². The van der Waals surface area contributed by atoms with E-state index in [4.69, 9.17) is 16.7 Å². The topological polar surface area (TPSA) is 72.9 Å². The van der Waals surface area contributed by atoms with Crippen LogP contribution < -0.4 is 5.32 Å². The summed E-state index contributed by atoms with van der Waals surface area (Å²) in [4.78, 5) is 27.5. The number of halogens is 1. The van der Waals surface area contributed by atoms with Gasteiger partial charge in [-0.05, 0) is 56.3 Å². The summed E-state index contributed by atoms with van der Waals surface area (Å²) in [6.45, 7) is 4.48. The summed E-state index contributed by atoms with van der Waals surface area (Å²) in [6.07, 6.45) is 3.50. The third-order valence-corrected chi connectivity index (χ3v) is 6.03. The van der Waals surface area contributed by atoms with Crippen molar-refractivity contribution in [3.8, 4) is 0 Å². The molecule has 1 atom stereocenters. The predicted octanol–water partition coefficient (Wildman–Crippen LogP) is 3.06. The minimum Gasteiger partial charge on any atom is -0.481 e. The Morgan fingerprint density at radius 2 is 1.89 bits per heavy atom. The number of carbonyl (C=O) groups excluding carboxylic acids is 1. The number of benzene rings is 1. The van der Waals surface area contributed by atoms with Crippen molar-refractivity contribution in [3.63, 3.8) is 0 Å². The molecule has 0 aromatic heterocycles. The van der Waals surface area contributed by atoms with E-state index in [0.717, 1.165) is 49.5 Å². The second kappa shape index (κ2) is 9.42. The molecule has 2 aliphatic heterocycles. The molecule has 2 amide bonds. The van der Waals surface area contributed by atoms with Gasteiger partial charge in [0.05, 0.1) is 5.92 Å². The number of hydrogen-bond acceptors (Lipinski definition) is 3. The first-order chi connectivity index (χ1) is 13.0. The number of carboxylic acid groups (broad SMARTS) is 1. The Morgan fingerprint density at radius 3 is 2.59 bits per heavy atom. The Balaban J connectivity index is 1.38. The Kier molecular flexibility index (Phi) is 6.96. The van der Waals surface area contributed by atoms with Gasteiger partial charge in [0, 0.05) is 31.2 Å². The van der Waals surface area contributed by atoms with Crippen LogP contribution in [0.4, 0.5) is 4.79 Å². The molecule has 1 aromatic rings. The predicted molar refractivity (Wildman–Crippen MR) is 105 cm³/mol. The fraction of sp³-hybridized carbons (Fsp3) is 0.600. The van der Waals surface area contributed by atoms with Crippen LogP contribution in [0.5, 0.6) is 0 Å². The van der Waals surface area contributed by atoms with Crippen LogP contribution in [0.2, 0.25) is 5.02 Å². The minimum atomic E-state index is -0.807. The van der Waals surface area contributed by atoms with Crippen LogP contribution in [-0.2, 0) is 11.3 Å². The molecule has 0 spiro atoms. The molecule has 6 nitrogen and oxygen atoms in total. The Bertz CT molecular complexity index is 662. The van der Waals surface area contributed by atoms with Crippen molar-refractivity contribution in [1.82, 2.24) is 15.1 Å². The van der Waals surface area contributed by atoms with Crippen LogP contribution in [0.3, 0.4) is 0 Å². The van der Waals surface area contributed by atoms with Crippen molar-refractivity contribution in [3.05, 3.63) is 34.9 Å². The van der Waals surface area contributed by atoms with Crippen molar-refractivity contribution in [1.29, 1.82) is 0 Å². The van der Waals surface area contributed by atoms with Gasteiger partial charge >= 0.3 is 12.0 Å². The van der Waals surface area contributed by atoms with E-state index in [-0.39, 0.29) is 6.03 Å². The zero-order valence-electron chi connectivity index (χ0n) is 15.6. The first kappa shape index (κ1) is 20.0. The SMILES string of the molecule is O=C(O)C1CCCN(C(=O)NCC2CCN(Cc3ccccc3Cl)CC2)C1. The zero-order chi connectivity index (χ0) is 19.2. The van der Waals surface area contributed by atoms with Gasteiger partial charge < -0.3 is 15.3 Å². The van der Waals surface area contributed by atoms with Crippen molar-refractivity contribution >= 4 is 23.6 Å². The third-order valence-electron chi connectivity index (χ3n) is 5.66. The largest absolute Gasteiger partial charge is 0.481 e. The molecular formula is C20H28ClN3O3. The van der Waals surface area contributed by atoms with Gasteiger partial charge in [0.2, 0.25) is 0 Å². The highest BCUT2D eigenvalue weighted by atomic mass is 35.5. The number of likely N-dealkylation sites (tertiary alicyclic amines) is 2. The molecular weight excluding hydrogens is 366 g/mol. The highest BCUT2D eigenvalue weighted by Gasteiger charge is 2.28. The fourth-order valence-electron chi connectivity index (χ4n) is 3.92. The molecule has 1 aromatic carbocycles. The van der Waals surface area contributed by atoms with Crippen molar-refractivity contribution in [2.24, 2.45) is 11.8 Å². The summed E-state index contributed by atoms with van der Waals surface area (Å²) in [6, 6.07) is 7.83. The molecule has 1 unspecified atom stereocenters. The second-order valence-electron chi connectivity index (χ2n) is 7.62. The van der Waals surface area contributed by atoms with Gasteiger partial charge in [-0.2, -0.15) is 0 Å². The number of aliphatic carboxylic acids is 1. The van der Waals surface area contributed by atoms with Crippen molar-refractivity contribution < 1.29 is 14.7 Å². The number of rotatable bonds is 5. The molecule has 2 aliphatic rings. The minimum absolute atomic E-state index is 0.126. The standard InChI is InChI=1S/C20H28ClN3O3/c21-18-6-2-1-4-16(18)13-23-10-7-15(8-11-23)12-22-20(27)24-9-3-5-17(14-24)19(25)26/h1-2,4,6,15,17H,3,5,7-14H2,(H,22,27)(H,25,26). The highest BCUT2D eigenvalue weighted by molar-refractivity contribution is 6.31. The maximum absolute atomic E-state index is 12.3. The van der Waals surface area contributed by atoms with Crippen LogP contribution in [-0.4, -0.2) is 59.6 Å². The quantitative estimate of drug-likeness (QED) is 0.806. The summed E-state index contributed by atoms with van der Waals surface area (Å²) in [5, 5.41) is 13.0. The Labute approximate surface area is 165 Å². The maximum Gasteiger partial charge on any atom is 0.317 e. The van der Waals surface area contributed by atoms with Gasteiger partial charge in [-0.3, -0.25) is 9.69 Å². The van der Waals surface area contributed by atoms with Crippen LogP contribution in [0.1, 0.15) is 31.2 Å². The summed E-state index contributed by atoms with van der Waals surface area (Å²) in [7, 11) is 0. The summed E-state index contributed by atoms with van der Waals surface area (Å²) >= 11 is 6.24. The smallest absolute Gasteiger partial charge is 0.317 e. The van der Waals surface area contributed by atoms with Crippen molar-refractivity contribution in [2.75, 3.05) is 32.7 Å². The van der Waals surface area contributed by atoms with Gasteiger partial charge in [-0.1, -0.05) is 29.8 Å². The number of amides is 2. The second-order valence-corrected chi connectivity index (χ2v) is 8.03. The lowest BCUT2D eigenvalue weighted by Gasteiger charge is -2.34. The van der Waals surface area contributed by atoms with E-state index in [1.165, 1.54) is 0 Å². The zero-order valence-corrected chi connectivity index (χ0v) is 16.3. The van der Waals surface area contributed by atoms with Gasteiger partial charge in [0.25, 0.3) is 0 Å². The maximum atomic E-state index is 12.3. The number of carboxylic acids is 1. The van der Waals surface area contributed by atoms with E-state index in [1.807, 2.05) is 18.2 Å². The summed E-state index contributed by atoms with van der Waals surface area (Å²) < 4.78 is 0. The van der Waals surface area contributed by atoms with Crippen LogP contribution in [0.15, 0.2) is 24.3 Å². The van der Waals surface area contributed by atoms with Gasteiger partial charge in [0.15, 0.2) is 0 Å². The molecule has 0 radical (unpaired) electrons. The van der Waals surface area contributed by atoms with E-state index in [0.29, 0.717) is 32.0 Å². The molecule has 27 heavy (non-hydrogen) atoms. The van der Waals surface area contributed by atoms with Gasteiger partial charge in [-0.15, -0.1) is 0 Å². The molecule has 2 saturated heterocycles. The monoisotopic (exact) mass is 393 g/mol. The molecule has 2 N–H and O–H groups in total. The number of nitrogens with zero attached hydrogens (tertiary/aromatic N) is 2. The van der Waals surface area contributed by atoms with E-state index in [9.17, 15) is 9.59 Å². The fourth-order valence-corrected chi connectivity index (χ4v) is 4.12. The van der Waals surface area contributed by atoms with E-state index < -0.39 is 11.9 Å². The number of carbonyl (C=O) groups is 2. The average molecular weight is 394 g/mol. The normalized spacial score (nSPS) is 21.8. The van der Waals surface area contributed by atoms with Crippen LogP contribution in [0, 0.1) is 11.8 Å². The van der Waals surface area contributed by atoms with Crippen LogP contribution >= 0.6 is 11.6 Å². The average Bonchev–Trinajstić information content (AvgIpc) is 2.69. The molecule has 7 heteroatoms. The molecule has 0 bridgehead atoms. The summed E-state index contributed by atoms with van der Waals surface area (Å²) in [5.41, 5.74) is 1.16. The molecule has 0 aliphatic carbocycles. The lowest BCUT2D eigenvalue weighted by atomic mass is 9.96. The number of piperidine rings is 2. The van der Waals surface area contributed by atoms with E-state index in [2.05, 4.69) is 16.3 Å². The number of urea groups is 1. The molecule has 3 rings (SSSR count). The first-order valence-electron chi connectivity index (χ1n) is 9.74. The number of nitrogens with one attached hydrogen (secondary N) is 1. The molecule has 148 valence electrons. The van der Waals surface area contributed by atoms with Gasteiger partial charge in [0.1, 0.15) is 0 Å². The highest BCUT2D eigenvalue weighted by Crippen LogP contribution is 2.22. The lowest BCUT2D eigenvalue weighted by molar-refractivity contribution is -0.143. The lowest BCUT2D eigenvalue weighted by Crippen LogP contribution is -2.48. The van der Waals surface area contributed by atoms with E-state index >= 15 is 0 Å². The Hall–Kier alpha value is -1.79. The number of hydrogen-bond donors (Lipinski definition) is 2. The van der Waals surface area contributed by atoms with Gasteiger partial charge in [-0.25, -0.2) is 4.79 Å². The van der Waals surface area contributed by atoms with Crippen molar-refractivity contribution in [2.45, 2.75) is 32.2 Å². The molecule has 2 fully saturated rings. The molecule has 0 saturated carbocycles. The molecule has 2 heterocycles. The third kappa shape index (κ3) is 5.59.